The predicted octanol–water partition coefficient (Wildman–Crippen LogP) is 3.40. The number of halogens is 2. The Labute approximate surface area is 219 Å². The smallest absolute Gasteiger partial charge is 0.258 e. The Morgan fingerprint density at radius 3 is 2.32 bits per heavy atom. The van der Waals surface area contributed by atoms with E-state index in [1.54, 1.807) is 17.0 Å². The van der Waals surface area contributed by atoms with E-state index in [2.05, 4.69) is 25.3 Å². The molecule has 0 bridgehead atoms. The largest absolute Gasteiger partial charge is 0.371 e. The zero-order valence-electron chi connectivity index (χ0n) is 21.0. The Balaban J connectivity index is 1.31. The first-order valence-corrected chi connectivity index (χ1v) is 14.7. The molecule has 1 aromatic carbocycles. The van der Waals surface area contributed by atoms with Crippen molar-refractivity contribution in [3.8, 4) is 0 Å². The van der Waals surface area contributed by atoms with Gasteiger partial charge in [0.1, 0.15) is 12.1 Å². The van der Waals surface area contributed by atoms with Gasteiger partial charge in [0.15, 0.2) is 15.5 Å². The summed E-state index contributed by atoms with van der Waals surface area (Å²) in [7, 11) is -3.47. The Kier molecular flexibility index (Phi) is 5.82. The van der Waals surface area contributed by atoms with Crippen LogP contribution in [-0.2, 0) is 9.84 Å². The lowest BCUT2D eigenvalue weighted by Crippen LogP contribution is -2.40. The summed E-state index contributed by atoms with van der Waals surface area (Å²) in [5.41, 5.74) is 1.75. The molecular weight excluding hydrogens is 516 g/mol. The molecule has 2 aromatic heterocycles. The molecule has 2 saturated heterocycles. The number of fused-ring (bicyclic) bond motifs is 1. The summed E-state index contributed by atoms with van der Waals surface area (Å²) in [4.78, 5) is 26.2. The molecule has 1 spiro atoms. The molecule has 13 heteroatoms. The fraction of sp³-hybridized carbons (Fsp3) is 0.520. The first-order chi connectivity index (χ1) is 18.0. The van der Waals surface area contributed by atoms with Crippen LogP contribution in [0.1, 0.15) is 48.9 Å². The normalized spacial score (nSPS) is 20.6. The summed E-state index contributed by atoms with van der Waals surface area (Å²) in [6.45, 7) is 1.70. The van der Waals surface area contributed by atoms with Crippen molar-refractivity contribution >= 4 is 38.8 Å². The van der Waals surface area contributed by atoms with Crippen LogP contribution in [0.2, 0.25) is 0 Å². The number of sulfone groups is 1. The average Bonchev–Trinajstić information content (AvgIpc) is 3.45. The van der Waals surface area contributed by atoms with Gasteiger partial charge in [0.25, 0.3) is 11.8 Å². The molecule has 202 valence electrons. The first kappa shape index (κ1) is 25.0. The van der Waals surface area contributed by atoms with E-state index in [0.29, 0.717) is 28.3 Å². The van der Waals surface area contributed by atoms with E-state index in [4.69, 9.17) is 0 Å². The van der Waals surface area contributed by atoms with E-state index in [0.717, 1.165) is 32.2 Å². The summed E-state index contributed by atoms with van der Waals surface area (Å²) >= 11 is 0. The summed E-state index contributed by atoms with van der Waals surface area (Å²) in [5, 5.41) is 6.99. The maximum atomic E-state index is 13.7. The molecule has 10 nitrogen and oxygen atoms in total. The number of aromatic nitrogens is 4. The molecule has 0 atom stereocenters. The quantitative estimate of drug-likeness (QED) is 0.519. The lowest BCUT2D eigenvalue weighted by molar-refractivity contribution is -0.0223. The van der Waals surface area contributed by atoms with E-state index in [1.807, 2.05) is 0 Å². The molecule has 4 heterocycles. The molecule has 1 amide bonds. The minimum absolute atomic E-state index is 0.0971. The number of hydrogen-bond acceptors (Lipinski definition) is 8. The molecule has 1 saturated carbocycles. The molecule has 1 N–H and O–H groups in total. The summed E-state index contributed by atoms with van der Waals surface area (Å²) in [5.74, 6) is -2.63. The van der Waals surface area contributed by atoms with Gasteiger partial charge in [-0.25, -0.2) is 22.2 Å². The third kappa shape index (κ3) is 4.79. The van der Waals surface area contributed by atoms with Crippen molar-refractivity contribution in [2.75, 3.05) is 47.6 Å². The number of hydrogen-bond donors (Lipinski definition) is 1. The number of nitrogens with zero attached hydrogens (tertiary/aromatic N) is 6. The summed E-state index contributed by atoms with van der Waals surface area (Å²) < 4.78 is 53.5. The highest BCUT2D eigenvalue weighted by Gasteiger charge is 2.44. The van der Waals surface area contributed by atoms with Crippen LogP contribution in [0, 0.1) is 5.41 Å². The summed E-state index contributed by atoms with van der Waals surface area (Å²) in [6, 6.07) is 6.11. The van der Waals surface area contributed by atoms with Gasteiger partial charge in [0.05, 0.1) is 16.1 Å². The lowest BCUT2D eigenvalue weighted by atomic mass is 9.93. The van der Waals surface area contributed by atoms with Crippen LogP contribution in [0.5, 0.6) is 0 Å². The van der Waals surface area contributed by atoms with E-state index in [9.17, 15) is 22.0 Å². The van der Waals surface area contributed by atoms with Crippen LogP contribution < -0.4 is 15.1 Å². The molecule has 1 aliphatic carbocycles. The van der Waals surface area contributed by atoms with Crippen molar-refractivity contribution in [1.29, 1.82) is 0 Å². The SMILES string of the molecule is CS(=O)(=O)c1ccc(C(=O)Nc2cc3ncnn3c(N3CCC(F)(F)CC3)n2)c(N2CCC3(CC2)CC3)c1. The maximum absolute atomic E-state index is 13.7. The topological polar surface area (TPSA) is 113 Å². The number of carbonyl (C=O) groups is 1. The second-order valence-electron chi connectivity index (χ2n) is 10.7. The Hall–Kier alpha value is -3.35. The molecular formula is C25H29F2N7O3S. The molecule has 38 heavy (non-hydrogen) atoms. The van der Waals surface area contributed by atoms with Gasteiger partial charge in [-0.2, -0.15) is 14.6 Å². The highest BCUT2D eigenvalue weighted by molar-refractivity contribution is 7.90. The third-order valence-electron chi connectivity index (χ3n) is 8.03. The van der Waals surface area contributed by atoms with Gasteiger partial charge in [-0.3, -0.25) is 4.79 Å². The number of rotatable bonds is 5. The monoisotopic (exact) mass is 545 g/mol. The van der Waals surface area contributed by atoms with Crippen molar-refractivity contribution in [3.05, 3.63) is 36.2 Å². The Bertz CT molecular complexity index is 1500. The number of anilines is 3. The predicted molar refractivity (Wildman–Crippen MR) is 138 cm³/mol. The highest BCUT2D eigenvalue weighted by Crippen LogP contribution is 2.54. The molecule has 3 aliphatic rings. The second-order valence-corrected chi connectivity index (χ2v) is 12.7. The first-order valence-electron chi connectivity index (χ1n) is 12.8. The molecule has 3 fully saturated rings. The standard InChI is InChI=1S/C25H29F2N7O3S/c1-38(36,37)17-2-3-18(19(14-17)32-10-6-24(4-5-24)7-11-32)22(35)30-20-15-21-28-16-29-34(21)23(31-20)33-12-8-25(26,27)9-13-33/h2-3,14-16H,4-13H2,1H3,(H,30,35). The maximum Gasteiger partial charge on any atom is 0.258 e. The van der Waals surface area contributed by atoms with Crippen molar-refractivity contribution in [3.63, 3.8) is 0 Å². The number of carbonyl (C=O) groups excluding carboxylic acids is 1. The van der Waals surface area contributed by atoms with Crippen LogP contribution in [0.15, 0.2) is 35.5 Å². The second kappa shape index (κ2) is 8.85. The van der Waals surface area contributed by atoms with Crippen molar-refractivity contribution in [1.82, 2.24) is 19.6 Å². The number of amides is 1. The van der Waals surface area contributed by atoms with Gasteiger partial charge in [-0.15, -0.1) is 0 Å². The zero-order valence-corrected chi connectivity index (χ0v) is 21.8. The van der Waals surface area contributed by atoms with E-state index >= 15 is 0 Å². The number of piperidine rings is 2. The van der Waals surface area contributed by atoms with E-state index < -0.39 is 21.7 Å². The molecule has 3 aromatic rings. The van der Waals surface area contributed by atoms with Crippen LogP contribution in [0.25, 0.3) is 5.65 Å². The lowest BCUT2D eigenvalue weighted by Gasteiger charge is -2.35. The number of alkyl halides is 2. The summed E-state index contributed by atoms with van der Waals surface area (Å²) in [6.07, 6.45) is 6.38. The van der Waals surface area contributed by atoms with Crippen molar-refractivity contribution in [2.24, 2.45) is 5.41 Å². The van der Waals surface area contributed by atoms with E-state index in [-0.39, 0.29) is 36.6 Å². The molecule has 0 radical (unpaired) electrons. The third-order valence-corrected chi connectivity index (χ3v) is 9.14. The van der Waals surface area contributed by atoms with Crippen molar-refractivity contribution in [2.45, 2.75) is 49.3 Å². The molecule has 6 rings (SSSR count). The molecule has 2 aliphatic heterocycles. The zero-order chi connectivity index (χ0) is 26.7. The van der Waals surface area contributed by atoms with Gasteiger partial charge in [0.2, 0.25) is 5.95 Å². The van der Waals surface area contributed by atoms with E-state index in [1.165, 1.54) is 35.8 Å². The van der Waals surface area contributed by atoms with Crippen molar-refractivity contribution < 1.29 is 22.0 Å². The van der Waals surface area contributed by atoms with Gasteiger partial charge in [-0.05, 0) is 49.3 Å². The fourth-order valence-corrected chi connectivity index (χ4v) is 6.03. The van der Waals surface area contributed by atoms with Crippen LogP contribution in [0.3, 0.4) is 0 Å². The van der Waals surface area contributed by atoms with Gasteiger partial charge in [0, 0.05) is 51.3 Å². The number of benzene rings is 1. The Morgan fingerprint density at radius 1 is 0.974 bits per heavy atom. The minimum atomic E-state index is -3.47. The van der Waals surface area contributed by atoms with Crippen LogP contribution in [-0.4, -0.2) is 72.3 Å². The van der Waals surface area contributed by atoms with Gasteiger partial charge < -0.3 is 15.1 Å². The number of nitrogens with one attached hydrogen (secondary N) is 1. The average molecular weight is 546 g/mol. The highest BCUT2D eigenvalue weighted by atomic mass is 32.2. The van der Waals surface area contributed by atoms with Crippen LogP contribution in [0.4, 0.5) is 26.2 Å². The van der Waals surface area contributed by atoms with Gasteiger partial charge >= 0.3 is 0 Å². The van der Waals surface area contributed by atoms with Crippen LogP contribution >= 0.6 is 0 Å². The van der Waals surface area contributed by atoms with Gasteiger partial charge in [-0.1, -0.05) is 0 Å². The minimum Gasteiger partial charge on any atom is -0.371 e. The fourth-order valence-electron chi connectivity index (χ4n) is 5.39. The Morgan fingerprint density at radius 2 is 1.66 bits per heavy atom. The molecule has 0 unspecified atom stereocenters.